The number of aliphatic hydroxyl groups is 1. The lowest BCUT2D eigenvalue weighted by Crippen LogP contribution is -2.54. The number of benzene rings is 2. The Labute approximate surface area is 216 Å². The Morgan fingerprint density at radius 1 is 1.00 bits per heavy atom. The first-order valence-electron chi connectivity index (χ1n) is 13.0. The molecule has 6 nitrogen and oxygen atoms in total. The van der Waals surface area contributed by atoms with Crippen molar-refractivity contribution in [1.82, 2.24) is 9.80 Å². The van der Waals surface area contributed by atoms with E-state index in [9.17, 15) is 14.7 Å². The maximum atomic E-state index is 14.1. The second-order valence-corrected chi connectivity index (χ2v) is 11.2. The van der Waals surface area contributed by atoms with E-state index in [1.807, 2.05) is 77.9 Å². The summed E-state index contributed by atoms with van der Waals surface area (Å²) in [5.74, 6) is -1.31. The third-order valence-corrected chi connectivity index (χ3v) is 7.31. The van der Waals surface area contributed by atoms with Gasteiger partial charge in [0.15, 0.2) is 0 Å². The van der Waals surface area contributed by atoms with Gasteiger partial charge in [-0.3, -0.25) is 9.69 Å². The van der Waals surface area contributed by atoms with Crippen LogP contribution in [-0.4, -0.2) is 51.2 Å². The number of amides is 2. The van der Waals surface area contributed by atoms with Crippen molar-refractivity contribution >= 4 is 12.0 Å². The van der Waals surface area contributed by atoms with Crippen molar-refractivity contribution < 1.29 is 19.4 Å². The van der Waals surface area contributed by atoms with Crippen molar-refractivity contribution in [2.24, 2.45) is 17.8 Å². The number of hydrogen-bond acceptors (Lipinski definition) is 5. The summed E-state index contributed by atoms with van der Waals surface area (Å²) in [6.07, 6.45) is -1.54. The Kier molecular flexibility index (Phi) is 8.96. The van der Waals surface area contributed by atoms with Crippen LogP contribution in [0.3, 0.4) is 0 Å². The molecule has 0 spiro atoms. The highest BCUT2D eigenvalue weighted by atomic mass is 16.6. The summed E-state index contributed by atoms with van der Waals surface area (Å²) in [6, 6.07) is 19.9. The molecule has 36 heavy (non-hydrogen) atoms. The minimum atomic E-state index is -0.914. The van der Waals surface area contributed by atoms with Gasteiger partial charge in [-0.25, -0.2) is 9.69 Å². The number of cyclic esters (lactones) is 1. The molecular weight excluding hydrogens is 452 g/mol. The molecule has 0 radical (unpaired) electrons. The molecule has 0 aromatic heterocycles. The molecule has 2 aromatic rings. The van der Waals surface area contributed by atoms with Gasteiger partial charge in [-0.1, -0.05) is 88.4 Å². The Hall–Kier alpha value is -2.70. The highest BCUT2D eigenvalue weighted by molar-refractivity contribution is 5.95. The van der Waals surface area contributed by atoms with Gasteiger partial charge in [0.2, 0.25) is 5.91 Å². The van der Waals surface area contributed by atoms with Crippen molar-refractivity contribution in [1.29, 1.82) is 0 Å². The van der Waals surface area contributed by atoms with E-state index in [-0.39, 0.29) is 23.8 Å². The highest BCUT2D eigenvalue weighted by Gasteiger charge is 2.53. The molecule has 1 aliphatic rings. The molecule has 0 bridgehead atoms. The van der Waals surface area contributed by atoms with Crippen molar-refractivity contribution in [2.45, 2.75) is 78.8 Å². The minimum Gasteiger partial charge on any atom is -0.441 e. The zero-order valence-corrected chi connectivity index (χ0v) is 22.7. The molecule has 196 valence electrons. The zero-order valence-electron chi connectivity index (χ0n) is 22.7. The number of aliphatic hydroxyl groups excluding tert-OH is 1. The van der Waals surface area contributed by atoms with Crippen LogP contribution in [0.5, 0.6) is 0 Å². The number of carbonyl (C=O) groups is 2. The first kappa shape index (κ1) is 27.9. The van der Waals surface area contributed by atoms with E-state index < -0.39 is 29.8 Å². The minimum absolute atomic E-state index is 0.0101. The van der Waals surface area contributed by atoms with Crippen LogP contribution in [0.4, 0.5) is 4.79 Å². The van der Waals surface area contributed by atoms with Crippen molar-refractivity contribution in [2.75, 3.05) is 6.54 Å². The first-order chi connectivity index (χ1) is 16.9. The van der Waals surface area contributed by atoms with Crippen molar-refractivity contribution in [3.05, 3.63) is 71.8 Å². The van der Waals surface area contributed by atoms with Crippen LogP contribution < -0.4 is 0 Å². The Morgan fingerprint density at radius 3 is 2.08 bits per heavy atom. The lowest BCUT2D eigenvalue weighted by atomic mass is 9.86. The van der Waals surface area contributed by atoms with E-state index in [1.165, 1.54) is 4.90 Å². The molecule has 2 amide bonds. The fraction of sp³-hybridized carbons (Fsp3) is 0.533. The number of imide groups is 1. The number of hydrogen-bond donors (Lipinski definition) is 1. The maximum absolute atomic E-state index is 14.1. The Morgan fingerprint density at radius 2 is 1.56 bits per heavy atom. The number of ether oxygens (including phenoxy) is 1. The smallest absolute Gasteiger partial charge is 0.417 e. The van der Waals surface area contributed by atoms with E-state index in [1.54, 1.807) is 0 Å². The zero-order chi connectivity index (χ0) is 26.6. The lowest BCUT2D eigenvalue weighted by Gasteiger charge is -2.38. The molecule has 4 atom stereocenters. The second kappa shape index (κ2) is 11.6. The maximum Gasteiger partial charge on any atom is 0.417 e. The van der Waals surface area contributed by atoms with Gasteiger partial charge in [0.1, 0.15) is 5.60 Å². The van der Waals surface area contributed by atoms with Crippen LogP contribution in [0.15, 0.2) is 60.7 Å². The number of carbonyl (C=O) groups excluding carboxylic acids is 2. The van der Waals surface area contributed by atoms with Crippen LogP contribution >= 0.6 is 0 Å². The molecule has 0 unspecified atom stereocenters. The van der Waals surface area contributed by atoms with Gasteiger partial charge in [-0.05, 0) is 43.7 Å². The van der Waals surface area contributed by atoms with Crippen LogP contribution in [0, 0.1) is 17.8 Å². The summed E-state index contributed by atoms with van der Waals surface area (Å²) in [5, 5.41) is 11.3. The molecule has 1 N–H and O–H groups in total. The van der Waals surface area contributed by atoms with Crippen LogP contribution in [0.25, 0.3) is 0 Å². The molecule has 1 fully saturated rings. The molecule has 0 saturated carbocycles. The quantitative estimate of drug-likeness (QED) is 0.461. The molecule has 6 heteroatoms. The standard InChI is InChI=1S/C30H42N2O4/c1-20(2)26(33)25(28(34)32-27(21(3)4)30(6,7)36-29(32)35)19-31(18-23-14-10-8-11-15-23)22(5)24-16-12-9-13-17-24/h8-17,20-22,25-27,33H,18-19H2,1-7H3/t22-,25-,26+,27-/m0/s1. The average molecular weight is 495 g/mol. The molecule has 0 aliphatic carbocycles. The summed E-state index contributed by atoms with van der Waals surface area (Å²) in [5.41, 5.74) is 1.45. The Balaban J connectivity index is 1.99. The monoisotopic (exact) mass is 494 g/mol. The summed E-state index contributed by atoms with van der Waals surface area (Å²) in [6.45, 7) is 14.5. The Bertz CT molecular complexity index is 1010. The largest absolute Gasteiger partial charge is 0.441 e. The van der Waals surface area contributed by atoms with Crippen LogP contribution in [0.2, 0.25) is 0 Å². The first-order valence-corrected chi connectivity index (χ1v) is 13.0. The third kappa shape index (κ3) is 6.16. The second-order valence-electron chi connectivity index (χ2n) is 11.2. The lowest BCUT2D eigenvalue weighted by molar-refractivity contribution is -0.141. The van der Waals surface area contributed by atoms with Crippen LogP contribution in [0.1, 0.15) is 65.6 Å². The van der Waals surface area contributed by atoms with E-state index in [2.05, 4.69) is 36.1 Å². The van der Waals surface area contributed by atoms with E-state index in [0.717, 1.165) is 11.1 Å². The molecule has 2 aromatic carbocycles. The summed E-state index contributed by atoms with van der Waals surface area (Å²) < 4.78 is 5.64. The number of nitrogens with zero attached hydrogens (tertiary/aromatic N) is 2. The van der Waals surface area contributed by atoms with Gasteiger partial charge < -0.3 is 9.84 Å². The van der Waals surface area contributed by atoms with E-state index in [0.29, 0.717) is 13.1 Å². The average Bonchev–Trinajstić information content (AvgIpc) is 3.09. The summed E-state index contributed by atoms with van der Waals surface area (Å²) in [4.78, 5) is 30.5. The summed E-state index contributed by atoms with van der Waals surface area (Å²) >= 11 is 0. The van der Waals surface area contributed by atoms with Gasteiger partial charge in [-0.2, -0.15) is 0 Å². The molecular formula is C30H42N2O4. The van der Waals surface area contributed by atoms with Gasteiger partial charge in [0.05, 0.1) is 18.1 Å². The van der Waals surface area contributed by atoms with Crippen molar-refractivity contribution in [3.63, 3.8) is 0 Å². The van der Waals surface area contributed by atoms with E-state index in [4.69, 9.17) is 4.74 Å². The predicted molar refractivity (Wildman–Crippen MR) is 142 cm³/mol. The van der Waals surface area contributed by atoms with Crippen LogP contribution in [-0.2, 0) is 16.1 Å². The predicted octanol–water partition coefficient (Wildman–Crippen LogP) is 5.66. The molecule has 1 aliphatic heterocycles. The van der Waals surface area contributed by atoms with E-state index >= 15 is 0 Å². The molecule has 1 saturated heterocycles. The summed E-state index contributed by atoms with van der Waals surface area (Å²) in [7, 11) is 0. The molecule has 3 rings (SSSR count). The number of rotatable bonds is 10. The van der Waals surface area contributed by atoms with Gasteiger partial charge in [0, 0.05) is 19.1 Å². The SMILES string of the molecule is CC(C)[C@@H](O)[C@H](CN(Cc1ccccc1)[C@@H](C)c1ccccc1)C(=O)N1C(=O)OC(C)(C)[C@@H]1C(C)C. The fourth-order valence-corrected chi connectivity index (χ4v) is 5.43. The van der Waals surface area contributed by atoms with Gasteiger partial charge in [-0.15, -0.1) is 0 Å². The topological polar surface area (TPSA) is 70.1 Å². The highest BCUT2D eigenvalue weighted by Crippen LogP contribution is 2.36. The van der Waals surface area contributed by atoms with Gasteiger partial charge >= 0.3 is 6.09 Å². The van der Waals surface area contributed by atoms with Gasteiger partial charge in [0.25, 0.3) is 0 Å². The molecule has 1 heterocycles. The normalized spacial score (nSPS) is 20.0. The fourth-order valence-electron chi connectivity index (χ4n) is 5.43. The van der Waals surface area contributed by atoms with Crippen molar-refractivity contribution in [3.8, 4) is 0 Å². The third-order valence-electron chi connectivity index (χ3n) is 7.31.